The quantitative estimate of drug-likeness (QED) is 0.494. The Hall–Kier alpha value is -4.07. The molecule has 0 saturated heterocycles. The van der Waals surface area contributed by atoms with Crippen LogP contribution in [0, 0.1) is 0 Å². The van der Waals surface area contributed by atoms with Crippen molar-refractivity contribution in [1.29, 1.82) is 0 Å². The molecule has 4 heterocycles. The maximum absolute atomic E-state index is 13.1. The summed E-state index contributed by atoms with van der Waals surface area (Å²) in [6.45, 7) is 1.99. The molecule has 0 saturated carbocycles. The average molecular weight is 425 g/mol. The molecule has 4 aromatic rings. The molecule has 5 rings (SSSR count). The van der Waals surface area contributed by atoms with Gasteiger partial charge < -0.3 is 4.90 Å². The summed E-state index contributed by atoms with van der Waals surface area (Å²) in [7, 11) is 3.62. The Morgan fingerprint density at radius 3 is 2.53 bits per heavy atom. The molecule has 0 spiro atoms. The lowest BCUT2D eigenvalue weighted by Gasteiger charge is -2.39. The molecule has 1 amide bonds. The number of carbonyl (C=O) groups is 1. The number of rotatable bonds is 4. The van der Waals surface area contributed by atoms with E-state index in [1.807, 2.05) is 73.6 Å². The molecule has 1 aliphatic heterocycles. The summed E-state index contributed by atoms with van der Waals surface area (Å²) >= 11 is 0. The lowest BCUT2D eigenvalue weighted by Crippen LogP contribution is -2.50. The van der Waals surface area contributed by atoms with Crippen molar-refractivity contribution in [1.82, 2.24) is 24.7 Å². The van der Waals surface area contributed by atoms with Gasteiger partial charge in [-0.15, -0.1) is 0 Å². The summed E-state index contributed by atoms with van der Waals surface area (Å²) in [5, 5.41) is 4.56. The zero-order chi connectivity index (χ0) is 22.2. The summed E-state index contributed by atoms with van der Waals surface area (Å²) in [5.74, 6) is 1.88. The maximum Gasteiger partial charge on any atom is 0.250 e. The fraction of sp³-hybridized carbons (Fsp3) is 0.208. The van der Waals surface area contributed by atoms with Gasteiger partial charge in [-0.1, -0.05) is 37.3 Å². The lowest BCUT2D eigenvalue weighted by atomic mass is 10.0. The standard InChI is InChI=1S/C24H23N7O/c1-4-18-24(32)30(3)19-15-26-22(27-23(19)31(18)20-12-14-29(2)28-20)17-11-8-13-25-21(17)16-9-6-5-7-10-16/h5-15,18H,4H2,1-3H3. The van der Waals surface area contributed by atoms with Crippen molar-refractivity contribution in [3.05, 3.63) is 67.1 Å². The summed E-state index contributed by atoms with van der Waals surface area (Å²) in [6, 6.07) is 15.3. The van der Waals surface area contributed by atoms with E-state index < -0.39 is 6.04 Å². The van der Waals surface area contributed by atoms with Crippen LogP contribution in [0.1, 0.15) is 13.3 Å². The third-order valence-electron chi connectivity index (χ3n) is 5.70. The van der Waals surface area contributed by atoms with E-state index in [-0.39, 0.29) is 5.91 Å². The highest BCUT2D eigenvalue weighted by atomic mass is 16.2. The number of nitrogens with zero attached hydrogens (tertiary/aromatic N) is 7. The maximum atomic E-state index is 13.1. The molecule has 32 heavy (non-hydrogen) atoms. The van der Waals surface area contributed by atoms with Crippen LogP contribution >= 0.6 is 0 Å². The van der Waals surface area contributed by atoms with E-state index in [9.17, 15) is 4.79 Å². The lowest BCUT2D eigenvalue weighted by molar-refractivity contribution is -0.119. The topological polar surface area (TPSA) is 80.0 Å². The first-order valence-corrected chi connectivity index (χ1v) is 10.5. The van der Waals surface area contributed by atoms with E-state index in [0.717, 1.165) is 16.8 Å². The van der Waals surface area contributed by atoms with Crippen LogP contribution in [-0.4, -0.2) is 43.7 Å². The van der Waals surface area contributed by atoms with Crippen molar-refractivity contribution >= 4 is 23.2 Å². The Bertz CT molecular complexity index is 1280. The van der Waals surface area contributed by atoms with Gasteiger partial charge in [0.2, 0.25) is 5.91 Å². The minimum atomic E-state index is -0.396. The Kier molecular flexibility index (Phi) is 4.89. The SMILES string of the molecule is CCC1C(=O)N(C)c2cnc(-c3cccnc3-c3ccccc3)nc2N1c1ccn(C)n1. The first-order valence-electron chi connectivity index (χ1n) is 10.5. The fourth-order valence-electron chi connectivity index (χ4n) is 4.08. The van der Waals surface area contributed by atoms with Gasteiger partial charge in [-0.3, -0.25) is 19.4 Å². The molecule has 0 aliphatic carbocycles. The summed E-state index contributed by atoms with van der Waals surface area (Å²) in [5.41, 5.74) is 3.28. The number of benzene rings is 1. The number of amides is 1. The van der Waals surface area contributed by atoms with Gasteiger partial charge in [-0.05, 0) is 18.6 Å². The van der Waals surface area contributed by atoms with Crippen molar-refractivity contribution in [2.45, 2.75) is 19.4 Å². The highest BCUT2D eigenvalue weighted by Gasteiger charge is 2.39. The molecule has 1 atom stereocenters. The van der Waals surface area contributed by atoms with Crippen molar-refractivity contribution in [2.75, 3.05) is 16.8 Å². The third-order valence-corrected chi connectivity index (χ3v) is 5.70. The number of aromatic nitrogens is 5. The monoisotopic (exact) mass is 425 g/mol. The third kappa shape index (κ3) is 3.20. The molecule has 8 heteroatoms. The smallest absolute Gasteiger partial charge is 0.250 e. The Balaban J connectivity index is 1.70. The van der Waals surface area contributed by atoms with E-state index in [4.69, 9.17) is 4.98 Å². The molecule has 1 aliphatic rings. The largest absolute Gasteiger partial charge is 0.309 e. The second kappa shape index (κ2) is 7.88. The first kappa shape index (κ1) is 19.9. The van der Waals surface area contributed by atoms with Crippen LogP contribution < -0.4 is 9.80 Å². The van der Waals surface area contributed by atoms with Crippen LogP contribution in [0.4, 0.5) is 17.3 Å². The highest BCUT2D eigenvalue weighted by molar-refractivity contribution is 6.06. The predicted octanol–water partition coefficient (Wildman–Crippen LogP) is 3.83. The van der Waals surface area contributed by atoms with Crippen LogP contribution in [0.2, 0.25) is 0 Å². The summed E-state index contributed by atoms with van der Waals surface area (Å²) < 4.78 is 1.72. The number of likely N-dealkylation sites (N-methyl/N-ethyl adjacent to an activating group) is 1. The Morgan fingerprint density at radius 2 is 1.81 bits per heavy atom. The first-order chi connectivity index (χ1) is 15.6. The van der Waals surface area contributed by atoms with Crippen LogP contribution in [0.5, 0.6) is 0 Å². The predicted molar refractivity (Wildman–Crippen MR) is 124 cm³/mol. The number of carbonyl (C=O) groups excluding carboxylic acids is 1. The normalized spacial score (nSPS) is 15.7. The Morgan fingerprint density at radius 1 is 1.00 bits per heavy atom. The minimum Gasteiger partial charge on any atom is -0.309 e. The number of fused-ring (bicyclic) bond motifs is 1. The molecule has 8 nitrogen and oxygen atoms in total. The molecule has 1 unspecified atom stereocenters. The molecule has 3 aromatic heterocycles. The highest BCUT2D eigenvalue weighted by Crippen LogP contribution is 2.40. The van der Waals surface area contributed by atoms with E-state index in [1.54, 1.807) is 29.0 Å². The zero-order valence-electron chi connectivity index (χ0n) is 18.2. The molecule has 0 radical (unpaired) electrons. The van der Waals surface area contributed by atoms with Gasteiger partial charge in [-0.25, -0.2) is 9.97 Å². The van der Waals surface area contributed by atoms with Gasteiger partial charge in [0.15, 0.2) is 17.5 Å². The van der Waals surface area contributed by atoms with Crippen molar-refractivity contribution < 1.29 is 4.79 Å². The van der Waals surface area contributed by atoms with E-state index in [0.29, 0.717) is 29.6 Å². The summed E-state index contributed by atoms with van der Waals surface area (Å²) in [6.07, 6.45) is 5.96. The van der Waals surface area contributed by atoms with E-state index in [1.165, 1.54) is 0 Å². The second-order valence-corrected chi connectivity index (χ2v) is 7.71. The zero-order valence-corrected chi connectivity index (χ0v) is 18.2. The molecule has 0 N–H and O–H groups in total. The number of hydrogen-bond acceptors (Lipinski definition) is 6. The molecule has 0 bridgehead atoms. The van der Waals surface area contributed by atoms with Crippen LogP contribution in [0.3, 0.4) is 0 Å². The fourth-order valence-corrected chi connectivity index (χ4v) is 4.08. The second-order valence-electron chi connectivity index (χ2n) is 7.71. The number of pyridine rings is 1. The van der Waals surface area contributed by atoms with Crippen molar-refractivity contribution in [3.8, 4) is 22.6 Å². The molecular weight excluding hydrogens is 402 g/mol. The van der Waals surface area contributed by atoms with Crippen molar-refractivity contribution in [3.63, 3.8) is 0 Å². The van der Waals surface area contributed by atoms with Gasteiger partial charge in [0.25, 0.3) is 0 Å². The van der Waals surface area contributed by atoms with E-state index >= 15 is 0 Å². The number of hydrogen-bond donors (Lipinski definition) is 0. The number of aryl methyl sites for hydroxylation is 1. The van der Waals surface area contributed by atoms with Crippen LogP contribution in [0.15, 0.2) is 67.1 Å². The van der Waals surface area contributed by atoms with E-state index in [2.05, 4.69) is 15.1 Å². The van der Waals surface area contributed by atoms with Gasteiger partial charge in [0, 0.05) is 43.7 Å². The number of anilines is 3. The molecule has 1 aromatic carbocycles. The molecule has 0 fully saturated rings. The van der Waals surface area contributed by atoms with Gasteiger partial charge in [0.1, 0.15) is 11.7 Å². The van der Waals surface area contributed by atoms with Gasteiger partial charge in [0.05, 0.1) is 11.9 Å². The minimum absolute atomic E-state index is 0.00615. The molecule has 160 valence electrons. The molecular formula is C24H23N7O. The Labute approximate surface area is 186 Å². The van der Waals surface area contributed by atoms with Gasteiger partial charge in [-0.2, -0.15) is 5.10 Å². The van der Waals surface area contributed by atoms with Crippen LogP contribution in [0.25, 0.3) is 22.6 Å². The van der Waals surface area contributed by atoms with Gasteiger partial charge >= 0.3 is 0 Å². The van der Waals surface area contributed by atoms with Crippen LogP contribution in [-0.2, 0) is 11.8 Å². The van der Waals surface area contributed by atoms with Crippen molar-refractivity contribution in [2.24, 2.45) is 7.05 Å². The summed E-state index contributed by atoms with van der Waals surface area (Å²) in [4.78, 5) is 30.8. The average Bonchev–Trinajstić information content (AvgIpc) is 3.27.